The van der Waals surface area contributed by atoms with Crippen molar-refractivity contribution in [1.29, 1.82) is 0 Å². The molecule has 0 atom stereocenters. The zero-order valence-corrected chi connectivity index (χ0v) is 28.0. The summed E-state index contributed by atoms with van der Waals surface area (Å²) in [6.45, 7) is 22.6. The number of aliphatic carboxylic acids is 1. The van der Waals surface area contributed by atoms with Crippen LogP contribution in [0, 0.1) is 0 Å². The van der Waals surface area contributed by atoms with Gasteiger partial charge in [0.2, 0.25) is 0 Å². The van der Waals surface area contributed by atoms with E-state index in [9.17, 15) is 24.3 Å². The lowest BCUT2D eigenvalue weighted by molar-refractivity contribution is -0.160. The molecular formula is C30H57N5O8. The molecule has 43 heavy (non-hydrogen) atoms. The van der Waals surface area contributed by atoms with Crippen molar-refractivity contribution in [1.82, 2.24) is 24.9 Å². The van der Waals surface area contributed by atoms with Crippen LogP contribution in [-0.2, 0) is 33.4 Å². The Morgan fingerprint density at radius 3 is 1.23 bits per heavy atom. The summed E-state index contributed by atoms with van der Waals surface area (Å²) in [7, 11) is 0. The minimum Gasteiger partial charge on any atom is -0.480 e. The number of nitrogens with one attached hydrogen (secondary N) is 1. The van der Waals surface area contributed by atoms with Gasteiger partial charge in [-0.25, -0.2) is 0 Å². The predicted molar refractivity (Wildman–Crippen MR) is 164 cm³/mol. The summed E-state index contributed by atoms with van der Waals surface area (Å²) in [6.07, 6.45) is 0. The lowest BCUT2D eigenvalue weighted by atomic mass is 10.2. The average molecular weight is 616 g/mol. The van der Waals surface area contributed by atoms with Crippen LogP contribution in [0.5, 0.6) is 0 Å². The van der Waals surface area contributed by atoms with Crippen molar-refractivity contribution in [2.75, 3.05) is 91.6 Å². The first-order valence-electron chi connectivity index (χ1n) is 15.2. The third kappa shape index (κ3) is 21.1. The molecule has 1 heterocycles. The van der Waals surface area contributed by atoms with Crippen LogP contribution >= 0.6 is 0 Å². The molecule has 0 saturated carbocycles. The van der Waals surface area contributed by atoms with Crippen LogP contribution < -0.4 is 5.32 Å². The van der Waals surface area contributed by atoms with E-state index in [1.54, 1.807) is 30.6 Å². The van der Waals surface area contributed by atoms with Crippen LogP contribution in [-0.4, -0.2) is 157 Å². The van der Waals surface area contributed by atoms with Crippen molar-refractivity contribution >= 4 is 23.9 Å². The fourth-order valence-electron chi connectivity index (χ4n) is 4.41. The number of carboxylic acids is 1. The molecule has 0 aromatic rings. The second-order valence-corrected chi connectivity index (χ2v) is 14.0. The highest BCUT2D eigenvalue weighted by molar-refractivity contribution is 5.75. The van der Waals surface area contributed by atoms with Gasteiger partial charge in [0.15, 0.2) is 0 Å². The summed E-state index contributed by atoms with van der Waals surface area (Å²) in [5.74, 6) is -2.24. The molecule has 1 rings (SSSR count). The Morgan fingerprint density at radius 2 is 0.930 bits per heavy atom. The molecule has 0 unspecified atom stereocenters. The number of hydrogen-bond acceptors (Lipinski definition) is 12. The SMILES string of the molecule is CC(C)(C)OC(=O)CN(CCN1CCNCCN(CCN(CC(=O)OC(C)(C)C)CC(=O)OC(C)(C)C)CC1)CC(=O)O. The van der Waals surface area contributed by atoms with Crippen LogP contribution in [0.25, 0.3) is 0 Å². The number of carbonyl (C=O) groups excluding carboxylic acids is 3. The largest absolute Gasteiger partial charge is 0.480 e. The lowest BCUT2D eigenvalue weighted by Gasteiger charge is -2.30. The monoisotopic (exact) mass is 615 g/mol. The Bertz CT molecular complexity index is 864. The first-order valence-corrected chi connectivity index (χ1v) is 15.2. The molecule has 1 aliphatic rings. The quantitative estimate of drug-likeness (QED) is 0.211. The molecule has 0 radical (unpaired) electrons. The van der Waals surface area contributed by atoms with E-state index in [1.165, 1.54) is 0 Å². The molecule has 0 aromatic carbocycles. The number of carboxylic acid groups (broad SMARTS) is 1. The molecule has 2 N–H and O–H groups in total. The maximum Gasteiger partial charge on any atom is 0.320 e. The van der Waals surface area contributed by atoms with E-state index in [4.69, 9.17) is 14.2 Å². The zero-order valence-electron chi connectivity index (χ0n) is 28.0. The van der Waals surface area contributed by atoms with Gasteiger partial charge >= 0.3 is 23.9 Å². The first kappa shape index (κ1) is 38.7. The highest BCUT2D eigenvalue weighted by atomic mass is 16.6. The van der Waals surface area contributed by atoms with Crippen LogP contribution in [0.1, 0.15) is 62.3 Å². The second kappa shape index (κ2) is 17.8. The molecule has 1 fully saturated rings. The predicted octanol–water partition coefficient (Wildman–Crippen LogP) is 0.907. The highest BCUT2D eigenvalue weighted by Gasteiger charge is 2.25. The van der Waals surface area contributed by atoms with Crippen molar-refractivity contribution in [3.05, 3.63) is 0 Å². The molecule has 13 nitrogen and oxygen atoms in total. The van der Waals surface area contributed by atoms with E-state index in [1.807, 2.05) is 41.5 Å². The molecule has 1 aliphatic heterocycles. The van der Waals surface area contributed by atoms with Gasteiger partial charge in [0.25, 0.3) is 0 Å². The zero-order chi connectivity index (χ0) is 32.8. The third-order valence-corrected chi connectivity index (χ3v) is 6.08. The lowest BCUT2D eigenvalue weighted by Crippen LogP contribution is -2.46. The normalized spacial score (nSPS) is 16.3. The average Bonchev–Trinajstić information content (AvgIpc) is 2.89. The van der Waals surface area contributed by atoms with Crippen molar-refractivity contribution in [2.24, 2.45) is 0 Å². The summed E-state index contributed by atoms with van der Waals surface area (Å²) in [4.78, 5) is 56.8. The molecule has 0 amide bonds. The molecular weight excluding hydrogens is 558 g/mol. The van der Waals surface area contributed by atoms with E-state index in [0.717, 1.165) is 39.3 Å². The fourth-order valence-corrected chi connectivity index (χ4v) is 4.41. The smallest absolute Gasteiger partial charge is 0.320 e. The van der Waals surface area contributed by atoms with E-state index in [-0.39, 0.29) is 26.2 Å². The number of nitrogens with zero attached hydrogens (tertiary/aromatic N) is 4. The van der Waals surface area contributed by atoms with Crippen molar-refractivity contribution < 1.29 is 38.5 Å². The van der Waals surface area contributed by atoms with Crippen molar-refractivity contribution in [2.45, 2.75) is 79.1 Å². The minimum atomic E-state index is -0.997. The maximum absolute atomic E-state index is 12.6. The van der Waals surface area contributed by atoms with Gasteiger partial charge in [-0.1, -0.05) is 0 Å². The van der Waals surface area contributed by atoms with Gasteiger partial charge in [0.1, 0.15) is 16.8 Å². The summed E-state index contributed by atoms with van der Waals surface area (Å²) in [6, 6.07) is 0. The molecule has 0 aromatic heterocycles. The van der Waals surface area contributed by atoms with E-state index < -0.39 is 40.7 Å². The second-order valence-electron chi connectivity index (χ2n) is 14.0. The Balaban J connectivity index is 2.79. The molecule has 250 valence electrons. The Labute approximate surface area is 258 Å². The van der Waals surface area contributed by atoms with E-state index >= 15 is 0 Å². The maximum atomic E-state index is 12.6. The molecule has 1 saturated heterocycles. The van der Waals surface area contributed by atoms with Crippen LogP contribution in [0.3, 0.4) is 0 Å². The fraction of sp³-hybridized carbons (Fsp3) is 0.867. The summed E-state index contributed by atoms with van der Waals surface area (Å²) < 4.78 is 16.4. The topological polar surface area (TPSA) is 141 Å². The number of esters is 3. The standard InChI is InChI=1S/C30H57N5O8/c1-28(2,3)41-25(38)21-34(20-24(36)37)18-16-32-12-10-31-11-13-33(15-14-32)17-19-35(22-26(39)42-29(4,5)6)23-27(40)43-30(7,8)9/h31H,10-23H2,1-9H3,(H,36,37). The number of hydrogen-bond donors (Lipinski definition) is 2. The minimum absolute atomic E-state index is 0.0220. The van der Waals surface area contributed by atoms with Crippen molar-refractivity contribution in [3.8, 4) is 0 Å². The van der Waals surface area contributed by atoms with Crippen LogP contribution in [0.4, 0.5) is 0 Å². The highest BCUT2D eigenvalue weighted by Crippen LogP contribution is 2.11. The van der Waals surface area contributed by atoms with Crippen molar-refractivity contribution in [3.63, 3.8) is 0 Å². The molecule has 13 heteroatoms. The molecule has 0 spiro atoms. The number of rotatable bonds is 14. The van der Waals surface area contributed by atoms with Gasteiger partial charge in [-0.2, -0.15) is 0 Å². The van der Waals surface area contributed by atoms with E-state index in [0.29, 0.717) is 26.2 Å². The third-order valence-electron chi connectivity index (χ3n) is 6.08. The number of carbonyl (C=O) groups is 4. The summed E-state index contributed by atoms with van der Waals surface area (Å²) >= 11 is 0. The summed E-state index contributed by atoms with van der Waals surface area (Å²) in [5, 5.41) is 12.8. The Kier molecular flexibility index (Phi) is 16.1. The van der Waals surface area contributed by atoms with Gasteiger partial charge in [0.05, 0.1) is 26.2 Å². The number of ether oxygens (including phenoxy) is 3. The molecule has 0 aliphatic carbocycles. The van der Waals surface area contributed by atoms with E-state index in [2.05, 4.69) is 15.1 Å². The van der Waals surface area contributed by atoms with Gasteiger partial charge in [-0.15, -0.1) is 0 Å². The first-order chi connectivity index (χ1) is 19.7. The van der Waals surface area contributed by atoms with Crippen LogP contribution in [0.15, 0.2) is 0 Å². The Morgan fingerprint density at radius 1 is 0.605 bits per heavy atom. The van der Waals surface area contributed by atoms with Gasteiger partial charge < -0.3 is 24.6 Å². The van der Waals surface area contributed by atoms with Gasteiger partial charge in [-0.3, -0.25) is 38.8 Å². The van der Waals surface area contributed by atoms with Gasteiger partial charge in [0, 0.05) is 65.4 Å². The molecule has 0 bridgehead atoms. The Hall–Kier alpha value is -2.32. The van der Waals surface area contributed by atoms with Crippen LogP contribution in [0.2, 0.25) is 0 Å². The van der Waals surface area contributed by atoms with Gasteiger partial charge in [-0.05, 0) is 62.3 Å². The summed E-state index contributed by atoms with van der Waals surface area (Å²) in [5.41, 5.74) is -1.89.